The summed E-state index contributed by atoms with van der Waals surface area (Å²) in [6.45, 7) is 4.35. The second-order valence-corrected chi connectivity index (χ2v) is 3.10. The first-order valence-corrected chi connectivity index (χ1v) is 4.03. The number of hydrogen-bond acceptors (Lipinski definition) is 1. The van der Waals surface area contributed by atoms with E-state index in [1.165, 1.54) is 0 Å². The monoisotopic (exact) mass is 141 g/mol. The summed E-state index contributed by atoms with van der Waals surface area (Å²) in [7, 11) is 0. The van der Waals surface area contributed by atoms with Gasteiger partial charge in [-0.25, -0.2) is 0 Å². The third-order valence-corrected chi connectivity index (χ3v) is 2.36. The van der Waals surface area contributed by atoms with E-state index >= 15 is 0 Å². The molecule has 0 aromatic rings. The highest BCUT2D eigenvalue weighted by Gasteiger charge is 2.24. The van der Waals surface area contributed by atoms with Gasteiger partial charge in [0.25, 0.3) is 0 Å². The molecule has 0 aromatic heterocycles. The summed E-state index contributed by atoms with van der Waals surface area (Å²) in [6, 6.07) is 0.456. The molecule has 0 aromatic carbocycles. The van der Waals surface area contributed by atoms with Crippen molar-refractivity contribution in [1.82, 2.24) is 5.32 Å². The van der Waals surface area contributed by atoms with Gasteiger partial charge in [-0.15, -0.1) is 0 Å². The van der Waals surface area contributed by atoms with E-state index in [2.05, 4.69) is 19.2 Å². The third-order valence-electron chi connectivity index (χ3n) is 2.36. The van der Waals surface area contributed by atoms with Gasteiger partial charge in [-0.05, 0) is 12.3 Å². The molecule has 0 aliphatic carbocycles. The fourth-order valence-electron chi connectivity index (χ4n) is 1.35. The van der Waals surface area contributed by atoms with Crippen LogP contribution in [0.3, 0.4) is 0 Å². The van der Waals surface area contributed by atoms with Gasteiger partial charge in [0, 0.05) is 12.5 Å². The normalized spacial score (nSPS) is 28.2. The van der Waals surface area contributed by atoms with E-state index in [-0.39, 0.29) is 5.91 Å². The van der Waals surface area contributed by atoms with Crippen LogP contribution in [0.25, 0.3) is 0 Å². The first-order valence-electron chi connectivity index (χ1n) is 4.03. The van der Waals surface area contributed by atoms with Crippen molar-refractivity contribution in [3.8, 4) is 0 Å². The van der Waals surface area contributed by atoms with Crippen LogP contribution in [0.1, 0.15) is 33.1 Å². The van der Waals surface area contributed by atoms with Gasteiger partial charge in [0.15, 0.2) is 0 Å². The minimum Gasteiger partial charge on any atom is -0.353 e. The van der Waals surface area contributed by atoms with E-state index in [0.29, 0.717) is 12.0 Å². The Morgan fingerprint density at radius 3 is 2.90 bits per heavy atom. The molecule has 1 amide bonds. The zero-order valence-corrected chi connectivity index (χ0v) is 6.68. The van der Waals surface area contributed by atoms with Gasteiger partial charge in [-0.2, -0.15) is 0 Å². The van der Waals surface area contributed by atoms with Crippen LogP contribution < -0.4 is 5.32 Å². The lowest BCUT2D eigenvalue weighted by molar-refractivity contribution is -0.119. The van der Waals surface area contributed by atoms with Crippen molar-refractivity contribution in [2.45, 2.75) is 39.2 Å². The number of carbonyl (C=O) groups is 1. The highest BCUT2D eigenvalue weighted by Crippen LogP contribution is 2.17. The Labute approximate surface area is 62.0 Å². The Hall–Kier alpha value is -0.530. The summed E-state index contributed by atoms with van der Waals surface area (Å²) >= 11 is 0. The zero-order valence-electron chi connectivity index (χ0n) is 6.68. The molecule has 58 valence electrons. The molecule has 1 saturated heterocycles. The largest absolute Gasteiger partial charge is 0.353 e. The number of hydrogen-bond donors (Lipinski definition) is 1. The van der Waals surface area contributed by atoms with Gasteiger partial charge in [0.05, 0.1) is 0 Å². The molecule has 0 spiro atoms. The maximum Gasteiger partial charge on any atom is 0.220 e. The fraction of sp³-hybridized carbons (Fsp3) is 0.875. The summed E-state index contributed by atoms with van der Waals surface area (Å²) in [6.07, 6.45) is 2.92. The summed E-state index contributed by atoms with van der Waals surface area (Å²) in [5.74, 6) is 0.872. The Morgan fingerprint density at radius 1 is 1.80 bits per heavy atom. The first kappa shape index (κ1) is 7.58. The lowest BCUT2D eigenvalue weighted by Crippen LogP contribution is -2.30. The predicted octanol–water partition coefficient (Wildman–Crippen LogP) is 1.31. The maximum absolute atomic E-state index is 10.8. The summed E-state index contributed by atoms with van der Waals surface area (Å²) < 4.78 is 0. The van der Waals surface area contributed by atoms with Crippen LogP contribution in [-0.4, -0.2) is 11.9 Å². The molecule has 2 atom stereocenters. The van der Waals surface area contributed by atoms with Crippen molar-refractivity contribution in [3.05, 3.63) is 0 Å². The minimum atomic E-state index is 0.227. The highest BCUT2D eigenvalue weighted by molar-refractivity contribution is 5.78. The van der Waals surface area contributed by atoms with E-state index in [4.69, 9.17) is 0 Å². The number of amides is 1. The molecule has 2 heteroatoms. The highest BCUT2D eigenvalue weighted by atomic mass is 16.1. The fourth-order valence-corrected chi connectivity index (χ4v) is 1.35. The smallest absolute Gasteiger partial charge is 0.220 e. The second-order valence-electron chi connectivity index (χ2n) is 3.10. The molecule has 1 aliphatic rings. The van der Waals surface area contributed by atoms with Crippen molar-refractivity contribution in [2.24, 2.45) is 5.92 Å². The molecule has 1 aliphatic heterocycles. The van der Waals surface area contributed by atoms with Gasteiger partial charge in [-0.3, -0.25) is 4.79 Å². The molecule has 0 bridgehead atoms. The van der Waals surface area contributed by atoms with Gasteiger partial charge in [-0.1, -0.05) is 20.3 Å². The van der Waals surface area contributed by atoms with E-state index in [1.807, 2.05) is 0 Å². The molecule has 1 N–H and O–H groups in total. The first-order chi connectivity index (χ1) is 4.74. The Morgan fingerprint density at radius 2 is 2.50 bits per heavy atom. The molecule has 0 saturated carbocycles. The molecule has 1 fully saturated rings. The van der Waals surface area contributed by atoms with E-state index in [1.54, 1.807) is 0 Å². The average Bonchev–Trinajstić information content (AvgIpc) is 2.34. The number of carbonyl (C=O) groups excluding carboxylic acids is 1. The predicted molar refractivity (Wildman–Crippen MR) is 40.6 cm³/mol. The van der Waals surface area contributed by atoms with Crippen LogP contribution in [0.2, 0.25) is 0 Å². The Kier molecular flexibility index (Phi) is 2.30. The van der Waals surface area contributed by atoms with Gasteiger partial charge in [0.1, 0.15) is 0 Å². The molecule has 1 rings (SSSR count). The van der Waals surface area contributed by atoms with Crippen LogP contribution >= 0.6 is 0 Å². The molecule has 2 unspecified atom stereocenters. The van der Waals surface area contributed by atoms with Crippen LogP contribution in [-0.2, 0) is 4.79 Å². The van der Waals surface area contributed by atoms with Gasteiger partial charge < -0.3 is 5.32 Å². The minimum absolute atomic E-state index is 0.227. The van der Waals surface area contributed by atoms with E-state index in [9.17, 15) is 4.79 Å². The number of nitrogens with one attached hydrogen (secondary N) is 1. The van der Waals surface area contributed by atoms with Crippen LogP contribution in [0.15, 0.2) is 0 Å². The quantitative estimate of drug-likeness (QED) is 0.617. The van der Waals surface area contributed by atoms with Crippen LogP contribution in [0.5, 0.6) is 0 Å². The SMILES string of the molecule is CCC(C)C1CCC(=O)N1. The van der Waals surface area contributed by atoms with Gasteiger partial charge in [0.2, 0.25) is 5.91 Å². The summed E-state index contributed by atoms with van der Waals surface area (Å²) in [5, 5.41) is 2.97. The molecule has 2 nitrogen and oxygen atoms in total. The Balaban J connectivity index is 2.36. The number of rotatable bonds is 2. The average molecular weight is 141 g/mol. The lowest BCUT2D eigenvalue weighted by atomic mass is 9.98. The van der Waals surface area contributed by atoms with Crippen molar-refractivity contribution in [1.29, 1.82) is 0 Å². The molecule has 1 heterocycles. The lowest BCUT2D eigenvalue weighted by Gasteiger charge is -2.16. The standard InChI is InChI=1S/C8H15NO/c1-3-6(2)7-4-5-8(10)9-7/h6-7H,3-5H2,1-2H3,(H,9,10). The summed E-state index contributed by atoms with van der Waals surface area (Å²) in [5.41, 5.74) is 0. The molecule has 10 heavy (non-hydrogen) atoms. The van der Waals surface area contributed by atoms with Crippen molar-refractivity contribution in [3.63, 3.8) is 0 Å². The maximum atomic E-state index is 10.8. The summed E-state index contributed by atoms with van der Waals surface area (Å²) in [4.78, 5) is 10.8. The van der Waals surface area contributed by atoms with Crippen LogP contribution in [0, 0.1) is 5.92 Å². The van der Waals surface area contributed by atoms with Crippen molar-refractivity contribution < 1.29 is 4.79 Å². The van der Waals surface area contributed by atoms with Crippen molar-refractivity contribution in [2.75, 3.05) is 0 Å². The second kappa shape index (κ2) is 3.04. The van der Waals surface area contributed by atoms with Gasteiger partial charge >= 0.3 is 0 Å². The van der Waals surface area contributed by atoms with E-state index < -0.39 is 0 Å². The Bertz CT molecular complexity index is 133. The zero-order chi connectivity index (χ0) is 7.56. The molecule has 0 radical (unpaired) electrons. The topological polar surface area (TPSA) is 29.1 Å². The molecular formula is C8H15NO. The van der Waals surface area contributed by atoms with E-state index in [0.717, 1.165) is 19.3 Å². The van der Waals surface area contributed by atoms with Crippen LogP contribution in [0.4, 0.5) is 0 Å². The van der Waals surface area contributed by atoms with Crippen molar-refractivity contribution >= 4 is 5.91 Å². The third kappa shape index (κ3) is 1.49. The molecular weight excluding hydrogens is 126 g/mol.